The number of rotatable bonds is 4. The first-order valence-electron chi connectivity index (χ1n) is 5.47. The van der Waals surface area contributed by atoms with Crippen LogP contribution in [-0.2, 0) is 0 Å². The number of aryl methyl sites for hydroxylation is 1. The number of hydrogen-bond acceptors (Lipinski definition) is 2. The normalized spacial score (nSPS) is 11.6. The van der Waals surface area contributed by atoms with Crippen LogP contribution >= 0.6 is 0 Å². The van der Waals surface area contributed by atoms with Crippen LogP contribution in [0.5, 0.6) is 0 Å². The first-order valence-corrected chi connectivity index (χ1v) is 5.47. The zero-order valence-electron chi connectivity index (χ0n) is 10.5. The van der Waals surface area contributed by atoms with Crippen LogP contribution in [0.15, 0.2) is 12.3 Å². The van der Waals surface area contributed by atoms with Crippen LogP contribution in [0.3, 0.4) is 0 Å². The van der Waals surface area contributed by atoms with Crippen LogP contribution in [0, 0.1) is 12.3 Å². The third kappa shape index (κ3) is 2.85. The van der Waals surface area contributed by atoms with E-state index in [9.17, 15) is 4.79 Å². The number of nitrogens with zero attached hydrogens (tertiary/aromatic N) is 1. The largest absolute Gasteiger partial charge is 0.365 e. The number of hydrogen-bond donors (Lipinski definition) is 2. The number of H-pyrrole nitrogens is 1. The minimum atomic E-state index is -0.0470. The lowest BCUT2D eigenvalue weighted by molar-refractivity contribution is 0.0740. The predicted octanol–water partition coefficient (Wildman–Crippen LogP) is 1.38. The Morgan fingerprint density at radius 3 is 2.62 bits per heavy atom. The molecule has 4 nitrogen and oxygen atoms in total. The second kappa shape index (κ2) is 4.70. The van der Waals surface area contributed by atoms with E-state index in [1.165, 1.54) is 0 Å². The molecule has 0 fully saturated rings. The van der Waals surface area contributed by atoms with Gasteiger partial charge in [-0.1, -0.05) is 13.8 Å². The van der Waals surface area contributed by atoms with Crippen molar-refractivity contribution in [2.45, 2.75) is 20.8 Å². The van der Waals surface area contributed by atoms with Crippen LogP contribution in [0.2, 0.25) is 0 Å². The summed E-state index contributed by atoms with van der Waals surface area (Å²) >= 11 is 0. The number of carbonyl (C=O) groups excluding carboxylic acids is 1. The molecule has 0 saturated heterocycles. The number of carbonyl (C=O) groups is 1. The molecule has 0 aromatic carbocycles. The zero-order valence-corrected chi connectivity index (χ0v) is 10.5. The summed E-state index contributed by atoms with van der Waals surface area (Å²) < 4.78 is 0. The van der Waals surface area contributed by atoms with Crippen LogP contribution in [0.1, 0.15) is 29.9 Å². The Labute approximate surface area is 96.8 Å². The molecule has 4 heteroatoms. The zero-order chi connectivity index (χ0) is 12.3. The molecule has 0 bridgehead atoms. The molecule has 0 aliphatic heterocycles. The predicted molar refractivity (Wildman–Crippen MR) is 65.3 cm³/mol. The molecule has 3 N–H and O–H groups in total. The van der Waals surface area contributed by atoms with Gasteiger partial charge in [0.05, 0.1) is 5.56 Å². The molecule has 0 aliphatic carbocycles. The summed E-state index contributed by atoms with van der Waals surface area (Å²) in [6.07, 6.45) is 1.78. The Hall–Kier alpha value is -1.29. The molecule has 0 spiro atoms. The number of nitrogens with two attached hydrogens (primary N) is 1. The fourth-order valence-corrected chi connectivity index (χ4v) is 1.67. The molecule has 0 saturated carbocycles. The van der Waals surface area contributed by atoms with E-state index < -0.39 is 0 Å². The van der Waals surface area contributed by atoms with Crippen LogP contribution < -0.4 is 5.73 Å². The highest BCUT2D eigenvalue weighted by atomic mass is 16.2. The highest BCUT2D eigenvalue weighted by molar-refractivity contribution is 5.95. The van der Waals surface area contributed by atoms with Gasteiger partial charge in [-0.3, -0.25) is 4.79 Å². The molecule has 1 rings (SSSR count). The van der Waals surface area contributed by atoms with Gasteiger partial charge in [0.15, 0.2) is 0 Å². The Balaban J connectivity index is 2.73. The van der Waals surface area contributed by atoms with Gasteiger partial charge in [0.2, 0.25) is 0 Å². The lowest BCUT2D eigenvalue weighted by atomic mass is 9.93. The maximum Gasteiger partial charge on any atom is 0.255 e. The summed E-state index contributed by atoms with van der Waals surface area (Å²) in [5.41, 5.74) is 7.25. The number of nitrogens with one attached hydrogen (secondary N) is 1. The minimum absolute atomic E-state index is 0.0419. The standard InChI is InChI=1S/C12H21N3O/c1-9-10(5-6-14-9)11(16)15(4)8-12(2,3)7-13/h5-6,14H,7-8,13H2,1-4H3. The van der Waals surface area contributed by atoms with Crippen LogP contribution in [0.4, 0.5) is 0 Å². The summed E-state index contributed by atoms with van der Waals surface area (Å²) in [5, 5.41) is 0. The molecule has 0 atom stereocenters. The maximum absolute atomic E-state index is 12.1. The van der Waals surface area contributed by atoms with Crippen molar-refractivity contribution >= 4 is 5.91 Å². The highest BCUT2D eigenvalue weighted by Gasteiger charge is 2.22. The van der Waals surface area contributed by atoms with Crippen LogP contribution in [0.25, 0.3) is 0 Å². The van der Waals surface area contributed by atoms with E-state index in [0.29, 0.717) is 13.1 Å². The third-order valence-electron chi connectivity index (χ3n) is 2.75. The Kier molecular flexibility index (Phi) is 3.75. The average molecular weight is 223 g/mol. The second-order valence-electron chi connectivity index (χ2n) is 5.05. The molecule has 16 heavy (non-hydrogen) atoms. The van der Waals surface area contributed by atoms with E-state index in [4.69, 9.17) is 5.73 Å². The molecule has 1 aromatic rings. The van der Waals surface area contributed by atoms with Crippen molar-refractivity contribution in [1.82, 2.24) is 9.88 Å². The molecular weight excluding hydrogens is 202 g/mol. The van der Waals surface area contributed by atoms with E-state index >= 15 is 0 Å². The number of aromatic amines is 1. The lowest BCUT2D eigenvalue weighted by Crippen LogP contribution is -2.39. The lowest BCUT2D eigenvalue weighted by Gasteiger charge is -2.29. The van der Waals surface area contributed by atoms with E-state index in [1.54, 1.807) is 11.1 Å². The van der Waals surface area contributed by atoms with E-state index in [1.807, 2.05) is 20.0 Å². The first-order chi connectivity index (χ1) is 7.37. The summed E-state index contributed by atoms with van der Waals surface area (Å²) in [5.74, 6) is 0.0419. The maximum atomic E-state index is 12.1. The molecule has 0 unspecified atom stereocenters. The van der Waals surface area contributed by atoms with Crippen molar-refractivity contribution in [3.8, 4) is 0 Å². The van der Waals surface area contributed by atoms with Crippen molar-refractivity contribution < 1.29 is 4.79 Å². The molecule has 1 aromatic heterocycles. The summed E-state index contributed by atoms with van der Waals surface area (Å²) in [7, 11) is 1.81. The monoisotopic (exact) mass is 223 g/mol. The van der Waals surface area contributed by atoms with Gasteiger partial charge < -0.3 is 15.6 Å². The first kappa shape index (κ1) is 12.8. The fraction of sp³-hybridized carbons (Fsp3) is 0.583. The molecule has 1 amide bonds. The summed E-state index contributed by atoms with van der Waals surface area (Å²) in [4.78, 5) is 16.8. The molecule has 1 heterocycles. The van der Waals surface area contributed by atoms with Crippen molar-refractivity contribution in [3.63, 3.8) is 0 Å². The van der Waals surface area contributed by atoms with Crippen LogP contribution in [-0.4, -0.2) is 35.9 Å². The van der Waals surface area contributed by atoms with Gasteiger partial charge in [0.25, 0.3) is 5.91 Å². The molecule has 90 valence electrons. The quantitative estimate of drug-likeness (QED) is 0.810. The molecule has 0 radical (unpaired) electrons. The van der Waals surface area contributed by atoms with E-state index in [2.05, 4.69) is 18.8 Å². The number of amides is 1. The second-order valence-corrected chi connectivity index (χ2v) is 5.05. The molecule has 0 aliphatic rings. The summed E-state index contributed by atoms with van der Waals surface area (Å²) in [6.45, 7) is 7.24. The minimum Gasteiger partial charge on any atom is -0.365 e. The van der Waals surface area contributed by atoms with Crippen molar-refractivity contribution in [1.29, 1.82) is 0 Å². The van der Waals surface area contributed by atoms with Crippen molar-refractivity contribution in [2.24, 2.45) is 11.1 Å². The summed E-state index contributed by atoms with van der Waals surface area (Å²) in [6, 6.07) is 1.81. The Bertz CT molecular complexity index is 368. The van der Waals surface area contributed by atoms with Gasteiger partial charge in [-0.2, -0.15) is 0 Å². The van der Waals surface area contributed by atoms with Gasteiger partial charge in [0, 0.05) is 25.5 Å². The molecular formula is C12H21N3O. The van der Waals surface area contributed by atoms with Gasteiger partial charge in [-0.25, -0.2) is 0 Å². The number of aromatic nitrogens is 1. The van der Waals surface area contributed by atoms with Gasteiger partial charge >= 0.3 is 0 Å². The SMILES string of the molecule is Cc1[nH]ccc1C(=O)N(C)CC(C)(C)CN. The van der Waals surface area contributed by atoms with Gasteiger partial charge in [-0.15, -0.1) is 0 Å². The van der Waals surface area contributed by atoms with E-state index in [0.717, 1.165) is 11.3 Å². The van der Waals surface area contributed by atoms with Crippen molar-refractivity contribution in [3.05, 3.63) is 23.5 Å². The third-order valence-corrected chi connectivity index (χ3v) is 2.75. The van der Waals surface area contributed by atoms with E-state index in [-0.39, 0.29) is 11.3 Å². The smallest absolute Gasteiger partial charge is 0.255 e. The average Bonchev–Trinajstić information content (AvgIpc) is 2.62. The Morgan fingerprint density at radius 2 is 2.19 bits per heavy atom. The fourth-order valence-electron chi connectivity index (χ4n) is 1.67. The van der Waals surface area contributed by atoms with Crippen molar-refractivity contribution in [2.75, 3.05) is 20.1 Å². The highest BCUT2D eigenvalue weighted by Crippen LogP contribution is 2.16. The topological polar surface area (TPSA) is 62.1 Å². The van der Waals surface area contributed by atoms with Gasteiger partial charge in [-0.05, 0) is 24.9 Å². The Morgan fingerprint density at radius 1 is 1.56 bits per heavy atom. The van der Waals surface area contributed by atoms with Gasteiger partial charge in [0.1, 0.15) is 0 Å².